The Balaban J connectivity index is 1.44. The van der Waals surface area contributed by atoms with E-state index in [0.29, 0.717) is 30.5 Å². The van der Waals surface area contributed by atoms with E-state index in [0.717, 1.165) is 38.5 Å². The predicted octanol–water partition coefficient (Wildman–Crippen LogP) is 4.43. The molecule has 5 rings (SSSR count). The predicted molar refractivity (Wildman–Crippen MR) is 131 cm³/mol. The van der Waals surface area contributed by atoms with Crippen molar-refractivity contribution in [2.75, 3.05) is 30.3 Å². The molecule has 0 unspecified atom stereocenters. The molecule has 0 aliphatic carbocycles. The van der Waals surface area contributed by atoms with Gasteiger partial charge in [0.15, 0.2) is 5.82 Å². The topological polar surface area (TPSA) is 96.5 Å². The molecule has 0 saturated carbocycles. The smallest absolute Gasteiger partial charge is 0.350 e. The molecule has 0 bridgehead atoms. The van der Waals surface area contributed by atoms with Crippen LogP contribution in [0.15, 0.2) is 48.5 Å². The van der Waals surface area contributed by atoms with E-state index in [1.165, 1.54) is 18.4 Å². The van der Waals surface area contributed by atoms with Gasteiger partial charge in [-0.1, -0.05) is 48.5 Å². The molecule has 0 fully saturated rings. The maximum Gasteiger partial charge on any atom is 0.350 e. The number of aromatic amines is 1. The quantitative estimate of drug-likeness (QED) is 0.392. The van der Waals surface area contributed by atoms with Crippen LogP contribution in [0.2, 0.25) is 0 Å². The second-order valence-corrected chi connectivity index (χ2v) is 9.03. The van der Waals surface area contributed by atoms with Gasteiger partial charge in [-0.3, -0.25) is 4.84 Å². The molecule has 1 aliphatic heterocycles. The van der Waals surface area contributed by atoms with Gasteiger partial charge in [-0.05, 0) is 41.0 Å². The Hall–Kier alpha value is -3.76. The first-order valence-corrected chi connectivity index (χ1v) is 11.7. The van der Waals surface area contributed by atoms with Crippen molar-refractivity contribution >= 4 is 28.7 Å². The van der Waals surface area contributed by atoms with Crippen molar-refractivity contribution in [2.24, 2.45) is 0 Å². The standard InChI is InChI=1S/C24H24N6O3S/c1-4-33-30-14-29(21-20(30)15(2)34-22(21)24(31)32-3)13-16-9-11-17(12-10-16)18-7-5-6-8-19(18)23-25-27-28-26-23/h5-12H,4,13-14H2,1-3H3,(H,25,26,27,28). The van der Waals surface area contributed by atoms with Crippen LogP contribution in [0.4, 0.5) is 11.4 Å². The first-order valence-electron chi connectivity index (χ1n) is 10.9. The Labute approximate surface area is 200 Å². The molecular weight excluding hydrogens is 452 g/mol. The van der Waals surface area contributed by atoms with Gasteiger partial charge >= 0.3 is 5.97 Å². The third kappa shape index (κ3) is 3.91. The minimum Gasteiger partial charge on any atom is -0.465 e. The lowest BCUT2D eigenvalue weighted by molar-refractivity contribution is 0.0607. The van der Waals surface area contributed by atoms with Crippen LogP contribution in [0, 0.1) is 6.92 Å². The van der Waals surface area contributed by atoms with Gasteiger partial charge in [-0.25, -0.2) is 15.0 Å². The molecule has 1 aliphatic rings. The summed E-state index contributed by atoms with van der Waals surface area (Å²) in [7, 11) is 1.41. The summed E-state index contributed by atoms with van der Waals surface area (Å²) in [6.45, 7) is 5.67. The van der Waals surface area contributed by atoms with Gasteiger partial charge in [0.2, 0.25) is 0 Å². The summed E-state index contributed by atoms with van der Waals surface area (Å²) in [5.41, 5.74) is 5.98. The molecule has 10 heteroatoms. The number of hydrogen-bond donors (Lipinski definition) is 1. The molecule has 174 valence electrons. The number of ether oxygens (including phenoxy) is 1. The number of thiophene rings is 1. The third-order valence-electron chi connectivity index (χ3n) is 5.71. The van der Waals surface area contributed by atoms with Crippen molar-refractivity contribution in [2.45, 2.75) is 20.4 Å². The molecule has 2 aromatic heterocycles. The van der Waals surface area contributed by atoms with Crippen LogP contribution in [0.5, 0.6) is 0 Å². The van der Waals surface area contributed by atoms with Crippen molar-refractivity contribution in [3.05, 3.63) is 63.8 Å². The zero-order valence-electron chi connectivity index (χ0n) is 19.1. The van der Waals surface area contributed by atoms with E-state index in [2.05, 4.69) is 55.9 Å². The molecule has 3 heterocycles. The Kier molecular flexibility index (Phi) is 5.99. The summed E-state index contributed by atoms with van der Waals surface area (Å²) in [6.07, 6.45) is 0. The number of rotatable bonds is 7. The second-order valence-electron chi connectivity index (χ2n) is 7.80. The SMILES string of the molecule is CCON1CN(Cc2ccc(-c3ccccc3-c3nnn[nH]3)cc2)c2c(C(=O)OC)sc(C)c21. The molecule has 0 atom stereocenters. The zero-order valence-corrected chi connectivity index (χ0v) is 19.9. The fraction of sp³-hybridized carbons (Fsp3) is 0.250. The number of benzene rings is 2. The number of nitrogens with one attached hydrogen (secondary N) is 1. The second kappa shape index (κ2) is 9.24. The van der Waals surface area contributed by atoms with E-state index in [1.807, 2.05) is 37.1 Å². The third-order valence-corrected chi connectivity index (χ3v) is 6.78. The van der Waals surface area contributed by atoms with Crippen LogP contribution in [0.1, 0.15) is 27.0 Å². The Morgan fingerprint density at radius 2 is 1.88 bits per heavy atom. The molecular formula is C24H24N6O3S. The van der Waals surface area contributed by atoms with Crippen LogP contribution >= 0.6 is 11.3 Å². The Morgan fingerprint density at radius 3 is 2.56 bits per heavy atom. The molecule has 2 aromatic carbocycles. The highest BCUT2D eigenvalue weighted by molar-refractivity contribution is 7.15. The lowest BCUT2D eigenvalue weighted by Crippen LogP contribution is -2.31. The number of fused-ring (bicyclic) bond motifs is 1. The van der Waals surface area contributed by atoms with E-state index in [-0.39, 0.29) is 5.97 Å². The average molecular weight is 477 g/mol. The van der Waals surface area contributed by atoms with Crippen molar-refractivity contribution in [1.29, 1.82) is 0 Å². The number of carbonyl (C=O) groups excluding carboxylic acids is 1. The molecule has 0 saturated heterocycles. The first kappa shape index (κ1) is 22.1. The molecule has 34 heavy (non-hydrogen) atoms. The Bertz CT molecular complexity index is 1300. The Morgan fingerprint density at radius 1 is 1.12 bits per heavy atom. The van der Waals surface area contributed by atoms with Crippen molar-refractivity contribution in [1.82, 2.24) is 20.6 Å². The maximum atomic E-state index is 12.5. The number of methoxy groups -OCH3 is 1. The van der Waals surface area contributed by atoms with Crippen LogP contribution in [-0.2, 0) is 16.1 Å². The fourth-order valence-corrected chi connectivity index (χ4v) is 5.34. The van der Waals surface area contributed by atoms with Gasteiger partial charge in [0, 0.05) is 17.0 Å². The summed E-state index contributed by atoms with van der Waals surface area (Å²) < 4.78 is 5.04. The van der Waals surface area contributed by atoms with Gasteiger partial charge < -0.3 is 9.64 Å². The molecule has 1 N–H and O–H groups in total. The van der Waals surface area contributed by atoms with Crippen molar-refractivity contribution in [3.8, 4) is 22.5 Å². The normalized spacial score (nSPS) is 12.8. The first-order chi connectivity index (χ1) is 16.6. The average Bonchev–Trinajstić information content (AvgIpc) is 3.59. The zero-order chi connectivity index (χ0) is 23.7. The number of H-pyrrole nitrogens is 1. The van der Waals surface area contributed by atoms with Crippen molar-refractivity contribution in [3.63, 3.8) is 0 Å². The number of hydroxylamine groups is 1. The molecule has 0 spiro atoms. The fourth-order valence-electron chi connectivity index (χ4n) is 4.25. The van der Waals surface area contributed by atoms with Gasteiger partial charge in [0.1, 0.15) is 17.2 Å². The van der Waals surface area contributed by atoms with Gasteiger partial charge in [0.05, 0.1) is 19.4 Å². The van der Waals surface area contributed by atoms with E-state index < -0.39 is 0 Å². The highest BCUT2D eigenvalue weighted by atomic mass is 32.1. The molecule has 4 aromatic rings. The van der Waals surface area contributed by atoms with Crippen molar-refractivity contribution < 1.29 is 14.4 Å². The monoisotopic (exact) mass is 476 g/mol. The summed E-state index contributed by atoms with van der Waals surface area (Å²) in [6, 6.07) is 16.4. The van der Waals surface area contributed by atoms with Crippen LogP contribution in [0.25, 0.3) is 22.5 Å². The summed E-state index contributed by atoms with van der Waals surface area (Å²) in [5, 5.41) is 16.2. The van der Waals surface area contributed by atoms with E-state index >= 15 is 0 Å². The molecule has 0 amide bonds. The van der Waals surface area contributed by atoms with E-state index in [1.54, 1.807) is 0 Å². The van der Waals surface area contributed by atoms with Gasteiger partial charge in [-0.15, -0.1) is 16.4 Å². The number of hydrogen-bond acceptors (Lipinski definition) is 9. The number of aryl methyl sites for hydroxylation is 1. The summed E-state index contributed by atoms with van der Waals surface area (Å²) in [5.74, 6) is 0.301. The molecule has 0 radical (unpaired) electrons. The number of nitrogens with zero attached hydrogens (tertiary/aromatic N) is 5. The number of carbonyl (C=O) groups is 1. The van der Waals surface area contributed by atoms with Crippen LogP contribution in [0.3, 0.4) is 0 Å². The highest BCUT2D eigenvalue weighted by Gasteiger charge is 2.36. The number of aromatic nitrogens is 4. The number of tetrazole rings is 1. The summed E-state index contributed by atoms with van der Waals surface area (Å²) in [4.78, 5) is 22.1. The highest BCUT2D eigenvalue weighted by Crippen LogP contribution is 2.47. The molecule has 9 nitrogen and oxygen atoms in total. The van der Waals surface area contributed by atoms with E-state index in [4.69, 9.17) is 9.57 Å². The largest absolute Gasteiger partial charge is 0.465 e. The van der Waals surface area contributed by atoms with Crippen LogP contribution < -0.4 is 9.96 Å². The number of anilines is 2. The van der Waals surface area contributed by atoms with Crippen LogP contribution in [-0.4, -0.2) is 47.0 Å². The van der Waals surface area contributed by atoms with Gasteiger partial charge in [0.25, 0.3) is 0 Å². The minimum absolute atomic E-state index is 0.327. The van der Waals surface area contributed by atoms with Gasteiger partial charge in [-0.2, -0.15) is 0 Å². The van der Waals surface area contributed by atoms with E-state index in [9.17, 15) is 4.79 Å². The maximum absolute atomic E-state index is 12.5. The lowest BCUT2D eigenvalue weighted by atomic mass is 9.98. The number of esters is 1. The minimum atomic E-state index is -0.327. The summed E-state index contributed by atoms with van der Waals surface area (Å²) >= 11 is 1.44. The lowest BCUT2D eigenvalue weighted by Gasteiger charge is -2.22.